The van der Waals surface area contributed by atoms with E-state index in [2.05, 4.69) is 5.16 Å². The molecule has 20 heavy (non-hydrogen) atoms. The molecule has 104 valence electrons. The Morgan fingerprint density at radius 1 is 1.45 bits per heavy atom. The second kappa shape index (κ2) is 5.05. The number of nitrogens with two attached hydrogens (primary N) is 1. The van der Waals surface area contributed by atoms with E-state index in [0.717, 1.165) is 11.3 Å². The summed E-state index contributed by atoms with van der Waals surface area (Å²) in [5.74, 6) is 0.0388. The highest BCUT2D eigenvalue weighted by atomic mass is 19.1. The van der Waals surface area contributed by atoms with Crippen LogP contribution in [0, 0.1) is 5.82 Å². The molecule has 0 spiro atoms. The third-order valence-electron chi connectivity index (χ3n) is 3.41. The van der Waals surface area contributed by atoms with Crippen molar-refractivity contribution in [3.05, 3.63) is 41.4 Å². The van der Waals surface area contributed by atoms with Crippen molar-refractivity contribution in [1.29, 1.82) is 0 Å². The van der Waals surface area contributed by atoms with Crippen molar-refractivity contribution in [3.8, 4) is 11.3 Å². The Hall–Kier alpha value is -2.21. The fraction of sp³-hybridized carbons (Fsp3) is 0.286. The summed E-state index contributed by atoms with van der Waals surface area (Å²) in [7, 11) is 0. The molecule has 0 saturated heterocycles. The summed E-state index contributed by atoms with van der Waals surface area (Å²) in [6.07, 6.45) is 0.643. The monoisotopic (exact) mass is 275 g/mol. The summed E-state index contributed by atoms with van der Waals surface area (Å²) < 4.78 is 19.2. The van der Waals surface area contributed by atoms with Gasteiger partial charge in [0.1, 0.15) is 17.3 Å². The minimum atomic E-state index is -0.377. The molecule has 1 aliphatic heterocycles. The van der Waals surface area contributed by atoms with Gasteiger partial charge in [0.2, 0.25) is 5.91 Å². The van der Waals surface area contributed by atoms with Crippen molar-refractivity contribution >= 4 is 5.91 Å². The number of amides is 1. The average molecular weight is 275 g/mol. The van der Waals surface area contributed by atoms with Crippen LogP contribution in [0.3, 0.4) is 0 Å². The molecule has 1 aromatic carbocycles. The van der Waals surface area contributed by atoms with Gasteiger partial charge in [0.25, 0.3) is 0 Å². The van der Waals surface area contributed by atoms with E-state index < -0.39 is 0 Å². The quantitative estimate of drug-likeness (QED) is 0.917. The Balaban J connectivity index is 1.95. The van der Waals surface area contributed by atoms with Gasteiger partial charge < -0.3 is 10.3 Å². The van der Waals surface area contributed by atoms with E-state index in [1.165, 1.54) is 6.07 Å². The van der Waals surface area contributed by atoms with E-state index in [4.69, 9.17) is 10.3 Å². The lowest BCUT2D eigenvalue weighted by Gasteiger charge is -2.24. The number of nitrogens with zero attached hydrogens (tertiary/aromatic N) is 2. The van der Waals surface area contributed by atoms with E-state index in [-0.39, 0.29) is 18.3 Å². The van der Waals surface area contributed by atoms with Crippen LogP contribution in [0.1, 0.15) is 11.3 Å². The molecule has 0 fully saturated rings. The van der Waals surface area contributed by atoms with Gasteiger partial charge in [0.05, 0.1) is 6.54 Å². The number of benzene rings is 1. The molecule has 5 nitrogen and oxygen atoms in total. The third-order valence-corrected chi connectivity index (χ3v) is 3.41. The van der Waals surface area contributed by atoms with Gasteiger partial charge in [-0.1, -0.05) is 17.3 Å². The summed E-state index contributed by atoms with van der Waals surface area (Å²) in [5, 5.41) is 3.98. The van der Waals surface area contributed by atoms with Gasteiger partial charge >= 0.3 is 0 Å². The first-order valence-corrected chi connectivity index (χ1v) is 6.38. The van der Waals surface area contributed by atoms with Crippen LogP contribution in [0.2, 0.25) is 0 Å². The van der Waals surface area contributed by atoms with Crippen LogP contribution in [-0.2, 0) is 17.8 Å². The largest absolute Gasteiger partial charge is 0.369 e. The lowest BCUT2D eigenvalue weighted by molar-refractivity contribution is -0.119. The molecule has 1 aromatic heterocycles. The highest BCUT2D eigenvalue weighted by molar-refractivity contribution is 5.76. The summed E-state index contributed by atoms with van der Waals surface area (Å²) >= 11 is 0. The van der Waals surface area contributed by atoms with Crippen molar-refractivity contribution in [2.24, 2.45) is 5.73 Å². The number of hydrogen-bond acceptors (Lipinski definition) is 4. The molecule has 0 bridgehead atoms. The Morgan fingerprint density at radius 3 is 3.00 bits per heavy atom. The molecular weight excluding hydrogens is 261 g/mol. The first-order valence-electron chi connectivity index (χ1n) is 6.38. The fourth-order valence-electron chi connectivity index (χ4n) is 2.49. The number of carbonyl (C=O) groups is 1. The van der Waals surface area contributed by atoms with Crippen LogP contribution in [0.4, 0.5) is 4.39 Å². The molecular formula is C14H14FN3O2. The number of carbonyl (C=O) groups excluding carboxylic acids is 1. The summed E-state index contributed by atoms with van der Waals surface area (Å²) in [4.78, 5) is 12.9. The minimum Gasteiger partial charge on any atom is -0.369 e. The predicted octanol–water partition coefficient (Wildman–Crippen LogP) is 1.32. The van der Waals surface area contributed by atoms with E-state index >= 15 is 0 Å². The lowest BCUT2D eigenvalue weighted by Crippen LogP contribution is -2.37. The molecule has 2 aromatic rings. The van der Waals surface area contributed by atoms with Crippen molar-refractivity contribution in [2.45, 2.75) is 13.0 Å². The topological polar surface area (TPSA) is 72.4 Å². The van der Waals surface area contributed by atoms with Gasteiger partial charge in [0.15, 0.2) is 0 Å². The Morgan fingerprint density at radius 2 is 2.25 bits per heavy atom. The van der Waals surface area contributed by atoms with Crippen LogP contribution in [0.15, 0.2) is 28.8 Å². The van der Waals surface area contributed by atoms with Gasteiger partial charge in [-0.15, -0.1) is 0 Å². The zero-order valence-electron chi connectivity index (χ0n) is 10.8. The van der Waals surface area contributed by atoms with Crippen LogP contribution in [-0.4, -0.2) is 29.1 Å². The molecule has 0 saturated carbocycles. The molecule has 0 atom stereocenters. The van der Waals surface area contributed by atoms with E-state index in [1.807, 2.05) is 4.90 Å². The molecule has 3 rings (SSSR count). The molecule has 0 aliphatic carbocycles. The molecule has 6 heteroatoms. The molecule has 1 amide bonds. The number of fused-ring (bicyclic) bond motifs is 1. The van der Waals surface area contributed by atoms with Crippen molar-refractivity contribution in [3.63, 3.8) is 0 Å². The summed E-state index contributed by atoms with van der Waals surface area (Å²) in [6, 6.07) is 6.44. The smallest absolute Gasteiger partial charge is 0.231 e. The SMILES string of the molecule is NC(=O)CN1CCc2onc(-c3ccccc3F)c2C1. The van der Waals surface area contributed by atoms with E-state index in [0.29, 0.717) is 30.8 Å². The maximum Gasteiger partial charge on any atom is 0.231 e. The third kappa shape index (κ3) is 2.30. The average Bonchev–Trinajstić information content (AvgIpc) is 2.81. The second-order valence-corrected chi connectivity index (χ2v) is 4.84. The van der Waals surface area contributed by atoms with Crippen molar-refractivity contribution < 1.29 is 13.7 Å². The van der Waals surface area contributed by atoms with E-state index in [9.17, 15) is 9.18 Å². The first-order chi connectivity index (χ1) is 9.65. The number of halogens is 1. The number of rotatable bonds is 3. The number of hydrogen-bond donors (Lipinski definition) is 1. The highest BCUT2D eigenvalue weighted by Crippen LogP contribution is 2.31. The Labute approximate surface area is 115 Å². The summed E-state index contributed by atoms with van der Waals surface area (Å²) in [5.41, 5.74) is 6.97. The fourth-order valence-corrected chi connectivity index (χ4v) is 2.49. The molecule has 2 N–H and O–H groups in total. The van der Waals surface area contributed by atoms with Crippen LogP contribution >= 0.6 is 0 Å². The second-order valence-electron chi connectivity index (χ2n) is 4.84. The zero-order chi connectivity index (χ0) is 14.1. The Kier molecular flexibility index (Phi) is 3.23. The maximum atomic E-state index is 13.9. The molecule has 2 heterocycles. The first kappa shape index (κ1) is 12.8. The number of aromatic nitrogens is 1. The van der Waals surface area contributed by atoms with Gasteiger partial charge in [-0.05, 0) is 12.1 Å². The van der Waals surface area contributed by atoms with Crippen LogP contribution in [0.5, 0.6) is 0 Å². The Bertz CT molecular complexity index is 654. The minimum absolute atomic E-state index is 0.182. The summed E-state index contributed by atoms with van der Waals surface area (Å²) in [6.45, 7) is 1.36. The van der Waals surface area contributed by atoms with Crippen LogP contribution < -0.4 is 5.73 Å². The van der Waals surface area contributed by atoms with Gasteiger partial charge in [-0.2, -0.15) is 0 Å². The maximum absolute atomic E-state index is 13.9. The van der Waals surface area contributed by atoms with Crippen LogP contribution in [0.25, 0.3) is 11.3 Å². The number of primary amides is 1. The van der Waals surface area contributed by atoms with Gasteiger partial charge in [0, 0.05) is 30.6 Å². The zero-order valence-corrected chi connectivity index (χ0v) is 10.8. The van der Waals surface area contributed by atoms with Crippen molar-refractivity contribution in [2.75, 3.05) is 13.1 Å². The molecule has 1 aliphatic rings. The predicted molar refractivity (Wildman–Crippen MR) is 70.1 cm³/mol. The molecule has 0 unspecified atom stereocenters. The van der Waals surface area contributed by atoms with Crippen molar-refractivity contribution in [1.82, 2.24) is 10.1 Å². The highest BCUT2D eigenvalue weighted by Gasteiger charge is 2.26. The molecule has 0 radical (unpaired) electrons. The van der Waals surface area contributed by atoms with E-state index in [1.54, 1.807) is 18.2 Å². The standard InChI is InChI=1S/C14H14FN3O2/c15-11-4-2-1-3-9(11)14-10-7-18(8-13(16)19)6-5-12(10)20-17-14/h1-4H,5-8H2,(H2,16,19). The van der Waals surface area contributed by atoms with Gasteiger partial charge in [-0.25, -0.2) is 4.39 Å². The van der Waals surface area contributed by atoms with Gasteiger partial charge in [-0.3, -0.25) is 9.69 Å². The lowest BCUT2D eigenvalue weighted by atomic mass is 10.0. The normalized spacial score (nSPS) is 15.1.